The molecule has 0 spiro atoms. The lowest BCUT2D eigenvalue weighted by molar-refractivity contribution is 0.0691. The Kier molecular flexibility index (Phi) is 4.83. The molecule has 1 saturated heterocycles. The second-order valence-corrected chi connectivity index (χ2v) is 5.31. The summed E-state index contributed by atoms with van der Waals surface area (Å²) >= 11 is 1.99. The minimum Gasteiger partial charge on any atom is -0.476 e. The maximum atomic E-state index is 11.0. The number of carboxylic acids is 1. The van der Waals surface area contributed by atoms with Crippen molar-refractivity contribution in [1.82, 2.24) is 9.88 Å². The van der Waals surface area contributed by atoms with E-state index in [1.165, 1.54) is 17.7 Å². The Morgan fingerprint density at radius 2 is 2.28 bits per heavy atom. The number of hydrogen-bond acceptors (Lipinski definition) is 5. The fraction of sp³-hybridized carbons (Fsp3) is 0.500. The zero-order valence-corrected chi connectivity index (χ0v) is 10.9. The smallest absolute Gasteiger partial charge is 0.356 e. The molecule has 1 aliphatic rings. The first-order valence-corrected chi connectivity index (χ1v) is 7.15. The van der Waals surface area contributed by atoms with Crippen molar-refractivity contribution in [1.29, 1.82) is 0 Å². The van der Waals surface area contributed by atoms with Crippen molar-refractivity contribution in [2.24, 2.45) is 0 Å². The quantitative estimate of drug-likeness (QED) is 0.837. The third kappa shape index (κ3) is 3.61. The molecule has 0 amide bonds. The Morgan fingerprint density at radius 1 is 1.50 bits per heavy atom. The van der Waals surface area contributed by atoms with Crippen LogP contribution >= 0.6 is 11.8 Å². The van der Waals surface area contributed by atoms with Crippen LogP contribution in [0.4, 0.5) is 5.69 Å². The number of rotatable bonds is 5. The highest BCUT2D eigenvalue weighted by molar-refractivity contribution is 7.99. The first-order valence-electron chi connectivity index (χ1n) is 5.99. The van der Waals surface area contributed by atoms with Gasteiger partial charge in [0.2, 0.25) is 0 Å². The Morgan fingerprint density at radius 3 is 3.00 bits per heavy atom. The van der Waals surface area contributed by atoms with Crippen molar-refractivity contribution in [3.8, 4) is 0 Å². The number of thioether (sulfide) groups is 1. The Hall–Kier alpha value is -1.27. The summed E-state index contributed by atoms with van der Waals surface area (Å²) in [5, 5.41) is 12.1. The minimum absolute atomic E-state index is 0.0895. The summed E-state index contributed by atoms with van der Waals surface area (Å²) in [4.78, 5) is 17.2. The maximum Gasteiger partial charge on any atom is 0.356 e. The van der Waals surface area contributed by atoms with Crippen LogP contribution in [0.25, 0.3) is 0 Å². The van der Waals surface area contributed by atoms with Crippen molar-refractivity contribution < 1.29 is 9.90 Å². The number of anilines is 1. The number of pyridine rings is 1. The van der Waals surface area contributed by atoms with E-state index in [0.717, 1.165) is 26.2 Å². The third-order valence-electron chi connectivity index (χ3n) is 2.86. The van der Waals surface area contributed by atoms with E-state index in [0.29, 0.717) is 5.69 Å². The molecule has 98 valence electrons. The molecule has 18 heavy (non-hydrogen) atoms. The second-order valence-electron chi connectivity index (χ2n) is 4.09. The molecule has 1 fully saturated rings. The molecule has 1 aliphatic heterocycles. The van der Waals surface area contributed by atoms with Crippen LogP contribution in [-0.2, 0) is 0 Å². The van der Waals surface area contributed by atoms with Crippen LogP contribution in [0.2, 0.25) is 0 Å². The molecule has 0 bridgehead atoms. The fourth-order valence-electron chi connectivity index (χ4n) is 1.89. The summed E-state index contributed by atoms with van der Waals surface area (Å²) in [7, 11) is 0. The Labute approximate surface area is 111 Å². The molecule has 2 heterocycles. The largest absolute Gasteiger partial charge is 0.476 e. The molecule has 0 aromatic carbocycles. The molecule has 2 N–H and O–H groups in total. The maximum absolute atomic E-state index is 11.0. The van der Waals surface area contributed by atoms with Gasteiger partial charge in [-0.15, -0.1) is 0 Å². The summed E-state index contributed by atoms with van der Waals surface area (Å²) in [5.74, 6) is 1.38. The molecule has 6 heteroatoms. The number of carbonyl (C=O) groups is 1. The first kappa shape index (κ1) is 13.2. The molecule has 1 aromatic rings. The van der Waals surface area contributed by atoms with Crippen molar-refractivity contribution in [2.45, 2.75) is 0 Å². The molecule has 0 unspecified atom stereocenters. The van der Waals surface area contributed by atoms with E-state index in [-0.39, 0.29) is 5.69 Å². The highest BCUT2D eigenvalue weighted by Crippen LogP contribution is 2.12. The topological polar surface area (TPSA) is 65.5 Å². The predicted molar refractivity (Wildman–Crippen MR) is 73.5 cm³/mol. The predicted octanol–water partition coefficient (Wildman–Crippen LogP) is 1.24. The van der Waals surface area contributed by atoms with Gasteiger partial charge in [-0.25, -0.2) is 9.78 Å². The number of aromatic carboxylic acids is 1. The third-order valence-corrected chi connectivity index (χ3v) is 3.80. The van der Waals surface area contributed by atoms with Gasteiger partial charge in [-0.2, -0.15) is 11.8 Å². The second kappa shape index (κ2) is 6.61. The van der Waals surface area contributed by atoms with Crippen LogP contribution in [0.3, 0.4) is 0 Å². The molecule has 0 saturated carbocycles. The molecule has 0 radical (unpaired) electrons. The standard InChI is InChI=1S/C12H17N3O2S/c16-12(17)11-10(2-1-3-14-11)13-4-5-15-6-8-18-9-7-15/h1-3,13H,4-9H2,(H,16,17). The summed E-state index contributed by atoms with van der Waals surface area (Å²) in [6.07, 6.45) is 1.50. The van der Waals surface area contributed by atoms with Crippen LogP contribution in [0, 0.1) is 0 Å². The summed E-state index contributed by atoms with van der Waals surface area (Å²) < 4.78 is 0. The fourth-order valence-corrected chi connectivity index (χ4v) is 2.87. The highest BCUT2D eigenvalue weighted by Gasteiger charge is 2.12. The Bertz CT molecular complexity index is 408. The van der Waals surface area contributed by atoms with Crippen LogP contribution in [0.1, 0.15) is 10.5 Å². The Balaban J connectivity index is 1.84. The van der Waals surface area contributed by atoms with Gasteiger partial charge >= 0.3 is 5.97 Å². The van der Waals surface area contributed by atoms with E-state index in [1.54, 1.807) is 12.1 Å². The number of carboxylic acid groups (broad SMARTS) is 1. The molecule has 1 aromatic heterocycles. The SMILES string of the molecule is O=C(O)c1ncccc1NCCN1CCSCC1. The van der Waals surface area contributed by atoms with Gasteiger partial charge in [0.05, 0.1) is 5.69 Å². The van der Waals surface area contributed by atoms with Crippen LogP contribution in [0.5, 0.6) is 0 Å². The minimum atomic E-state index is -0.993. The van der Waals surface area contributed by atoms with Gasteiger partial charge in [0, 0.05) is 43.9 Å². The van der Waals surface area contributed by atoms with Gasteiger partial charge in [0.1, 0.15) is 0 Å². The van der Waals surface area contributed by atoms with E-state index in [9.17, 15) is 4.79 Å². The average Bonchev–Trinajstić information content (AvgIpc) is 2.40. The van der Waals surface area contributed by atoms with Gasteiger partial charge in [0.25, 0.3) is 0 Å². The summed E-state index contributed by atoms with van der Waals surface area (Å²) in [6.45, 7) is 3.92. The van der Waals surface area contributed by atoms with Gasteiger partial charge in [0.15, 0.2) is 5.69 Å². The number of nitrogens with one attached hydrogen (secondary N) is 1. The number of aromatic nitrogens is 1. The van der Waals surface area contributed by atoms with Crippen molar-refractivity contribution in [3.63, 3.8) is 0 Å². The van der Waals surface area contributed by atoms with Crippen molar-refractivity contribution in [2.75, 3.05) is 43.0 Å². The molecule has 0 atom stereocenters. The molecule has 0 aliphatic carbocycles. The van der Waals surface area contributed by atoms with E-state index in [4.69, 9.17) is 5.11 Å². The van der Waals surface area contributed by atoms with Crippen molar-refractivity contribution in [3.05, 3.63) is 24.0 Å². The lowest BCUT2D eigenvalue weighted by atomic mass is 10.3. The normalized spacial score (nSPS) is 16.4. The lowest BCUT2D eigenvalue weighted by Gasteiger charge is -2.26. The molecule has 2 rings (SSSR count). The van der Waals surface area contributed by atoms with Crippen LogP contribution in [0.15, 0.2) is 18.3 Å². The van der Waals surface area contributed by atoms with E-state index >= 15 is 0 Å². The average molecular weight is 267 g/mol. The first-order chi connectivity index (χ1) is 8.77. The monoisotopic (exact) mass is 267 g/mol. The van der Waals surface area contributed by atoms with Gasteiger partial charge < -0.3 is 10.4 Å². The molecular formula is C12H17N3O2S. The van der Waals surface area contributed by atoms with E-state index in [1.807, 2.05) is 11.8 Å². The lowest BCUT2D eigenvalue weighted by Crippen LogP contribution is -2.36. The van der Waals surface area contributed by atoms with Gasteiger partial charge in [-0.05, 0) is 12.1 Å². The highest BCUT2D eigenvalue weighted by atomic mass is 32.2. The summed E-state index contributed by atoms with van der Waals surface area (Å²) in [5.41, 5.74) is 0.683. The van der Waals surface area contributed by atoms with Gasteiger partial charge in [-0.1, -0.05) is 0 Å². The van der Waals surface area contributed by atoms with Gasteiger partial charge in [-0.3, -0.25) is 4.90 Å². The molecule has 5 nitrogen and oxygen atoms in total. The van der Waals surface area contributed by atoms with Crippen LogP contribution in [-0.4, -0.2) is 58.6 Å². The molecular weight excluding hydrogens is 250 g/mol. The van der Waals surface area contributed by atoms with E-state index in [2.05, 4.69) is 15.2 Å². The number of hydrogen-bond donors (Lipinski definition) is 2. The van der Waals surface area contributed by atoms with Crippen LogP contribution < -0.4 is 5.32 Å². The zero-order valence-electron chi connectivity index (χ0n) is 10.1. The zero-order chi connectivity index (χ0) is 12.8. The van der Waals surface area contributed by atoms with E-state index < -0.39 is 5.97 Å². The number of nitrogens with zero attached hydrogens (tertiary/aromatic N) is 2. The van der Waals surface area contributed by atoms with Crippen molar-refractivity contribution >= 4 is 23.4 Å². The summed E-state index contributed by atoms with van der Waals surface area (Å²) in [6, 6.07) is 3.49.